The zero-order valence-electron chi connectivity index (χ0n) is 19.4. The van der Waals surface area contributed by atoms with Crippen LogP contribution in [-0.4, -0.2) is 30.0 Å². The van der Waals surface area contributed by atoms with Crippen LogP contribution in [0.2, 0.25) is 0 Å². The zero-order valence-corrected chi connectivity index (χ0v) is 21.6. The van der Waals surface area contributed by atoms with Crippen molar-refractivity contribution in [2.24, 2.45) is 0 Å². The third-order valence-electron chi connectivity index (χ3n) is 6.18. The molecule has 0 unspecified atom stereocenters. The summed E-state index contributed by atoms with van der Waals surface area (Å²) in [4.78, 5) is 0. The van der Waals surface area contributed by atoms with Gasteiger partial charge in [-0.05, 0) is 73.4 Å². The van der Waals surface area contributed by atoms with Crippen LogP contribution in [0.5, 0.6) is 5.75 Å². The van der Waals surface area contributed by atoms with E-state index in [0.717, 1.165) is 65.2 Å². The predicted octanol–water partition coefficient (Wildman–Crippen LogP) is 6.53. The number of hydrogen-bond acceptors (Lipinski definition) is 4. The van der Waals surface area contributed by atoms with Gasteiger partial charge in [-0.15, -0.1) is 0 Å². The molecule has 0 bridgehead atoms. The van der Waals surface area contributed by atoms with Gasteiger partial charge < -0.3 is 15.4 Å². The Balaban J connectivity index is 2.21. The molecule has 3 rings (SSSR count). The molecular formula is C25H35IN4O. The topological polar surface area (TPSA) is 51.1 Å². The standard InChI is InChI=1S/C25H35IN4O/c1-7-19(8-2)28-24(21-11-9-10-16(21)3)30-25(27-5)23(17(4)29-30)22-13-12-20(31-6)14-18(22)15-26/h12-14,19,27-28H,3,7-11,15H2,1-2,4-6H3/b24-21-. The van der Waals surface area contributed by atoms with E-state index in [9.17, 15) is 0 Å². The minimum absolute atomic E-state index is 0.402. The highest BCUT2D eigenvalue weighted by Crippen LogP contribution is 2.39. The van der Waals surface area contributed by atoms with Crippen LogP contribution in [0, 0.1) is 6.92 Å². The van der Waals surface area contributed by atoms with Crippen LogP contribution < -0.4 is 15.4 Å². The second-order valence-electron chi connectivity index (χ2n) is 8.07. The van der Waals surface area contributed by atoms with Crippen molar-refractivity contribution < 1.29 is 4.74 Å². The number of halogens is 1. The molecule has 1 saturated carbocycles. The predicted molar refractivity (Wildman–Crippen MR) is 140 cm³/mol. The van der Waals surface area contributed by atoms with Crippen molar-refractivity contribution in [2.75, 3.05) is 19.5 Å². The summed E-state index contributed by atoms with van der Waals surface area (Å²) in [6.45, 7) is 10.9. The minimum atomic E-state index is 0.402. The van der Waals surface area contributed by atoms with Crippen LogP contribution in [0.15, 0.2) is 35.9 Å². The number of allylic oxidation sites excluding steroid dienone is 2. The van der Waals surface area contributed by atoms with E-state index in [4.69, 9.17) is 9.84 Å². The summed E-state index contributed by atoms with van der Waals surface area (Å²) in [5, 5.41) is 12.3. The normalized spacial score (nSPS) is 15.5. The van der Waals surface area contributed by atoms with E-state index in [2.05, 4.69) is 77.4 Å². The molecule has 1 heterocycles. The van der Waals surface area contributed by atoms with Gasteiger partial charge in [0, 0.05) is 23.1 Å². The Labute approximate surface area is 200 Å². The molecule has 0 radical (unpaired) electrons. The monoisotopic (exact) mass is 534 g/mol. The van der Waals surface area contributed by atoms with Gasteiger partial charge in [0.2, 0.25) is 0 Å². The van der Waals surface area contributed by atoms with E-state index in [1.807, 2.05) is 13.1 Å². The molecule has 1 aliphatic carbocycles. The van der Waals surface area contributed by atoms with E-state index in [1.165, 1.54) is 22.3 Å². The molecule has 6 heteroatoms. The Morgan fingerprint density at radius 2 is 2.03 bits per heavy atom. The molecule has 0 saturated heterocycles. The van der Waals surface area contributed by atoms with Crippen molar-refractivity contribution in [1.29, 1.82) is 0 Å². The lowest BCUT2D eigenvalue weighted by atomic mass is 10.00. The highest BCUT2D eigenvalue weighted by Gasteiger charge is 2.25. The number of hydrogen-bond donors (Lipinski definition) is 2. The van der Waals surface area contributed by atoms with Crippen molar-refractivity contribution in [3.63, 3.8) is 0 Å². The Kier molecular flexibility index (Phi) is 8.08. The fraction of sp³-hybridized carbons (Fsp3) is 0.480. The lowest BCUT2D eigenvalue weighted by Gasteiger charge is -2.23. The molecule has 5 nitrogen and oxygen atoms in total. The number of aryl methyl sites for hydroxylation is 1. The summed E-state index contributed by atoms with van der Waals surface area (Å²) < 4.78 is 8.44. The molecule has 168 valence electrons. The average Bonchev–Trinajstić information content (AvgIpc) is 3.36. The number of methoxy groups -OCH3 is 1. The first kappa shape index (κ1) is 23.7. The number of nitrogens with zero attached hydrogens (tertiary/aromatic N) is 2. The Hall–Kier alpha value is -1.96. The molecule has 1 aromatic heterocycles. The molecule has 2 N–H and O–H groups in total. The van der Waals surface area contributed by atoms with Gasteiger partial charge in [-0.3, -0.25) is 0 Å². The van der Waals surface area contributed by atoms with Gasteiger partial charge in [-0.1, -0.05) is 49.1 Å². The SMILES string of the molecule is C=C1CCC/C1=C(\NC(CC)CC)n1nc(C)c(-c2ccc(OC)cc2CI)c1NC. The maximum Gasteiger partial charge on any atom is 0.139 e. The summed E-state index contributed by atoms with van der Waals surface area (Å²) in [5.41, 5.74) is 7.12. The maximum atomic E-state index is 5.46. The maximum absolute atomic E-state index is 5.46. The van der Waals surface area contributed by atoms with Crippen LogP contribution in [0.1, 0.15) is 57.2 Å². The Bertz CT molecular complexity index is 972. The summed E-state index contributed by atoms with van der Waals surface area (Å²) >= 11 is 2.42. The van der Waals surface area contributed by atoms with Crippen molar-refractivity contribution in [3.8, 4) is 16.9 Å². The van der Waals surface area contributed by atoms with E-state index >= 15 is 0 Å². The van der Waals surface area contributed by atoms with Gasteiger partial charge in [0.25, 0.3) is 0 Å². The largest absolute Gasteiger partial charge is 0.497 e. The zero-order chi connectivity index (χ0) is 22.5. The molecule has 0 aliphatic heterocycles. The fourth-order valence-corrected chi connectivity index (χ4v) is 4.98. The minimum Gasteiger partial charge on any atom is -0.497 e. The van der Waals surface area contributed by atoms with Crippen LogP contribution in [0.4, 0.5) is 5.82 Å². The Morgan fingerprint density at radius 3 is 2.58 bits per heavy atom. The number of alkyl halides is 1. The third-order valence-corrected chi connectivity index (χ3v) is 7.00. The van der Waals surface area contributed by atoms with Crippen molar-refractivity contribution in [1.82, 2.24) is 15.1 Å². The quantitative estimate of drug-likeness (QED) is 0.284. The van der Waals surface area contributed by atoms with E-state index in [0.29, 0.717) is 6.04 Å². The van der Waals surface area contributed by atoms with Crippen molar-refractivity contribution >= 4 is 34.2 Å². The van der Waals surface area contributed by atoms with Crippen molar-refractivity contribution in [3.05, 3.63) is 47.2 Å². The second-order valence-corrected chi connectivity index (χ2v) is 8.83. The highest BCUT2D eigenvalue weighted by atomic mass is 127. The number of benzene rings is 1. The molecule has 0 spiro atoms. The van der Waals surface area contributed by atoms with E-state index < -0.39 is 0 Å². The van der Waals surface area contributed by atoms with Crippen LogP contribution >= 0.6 is 22.6 Å². The van der Waals surface area contributed by atoms with E-state index in [1.54, 1.807) is 7.11 Å². The number of rotatable bonds is 9. The average molecular weight is 534 g/mol. The van der Waals surface area contributed by atoms with Crippen LogP contribution in [-0.2, 0) is 4.43 Å². The molecule has 1 fully saturated rings. The number of nitrogens with one attached hydrogen (secondary N) is 2. The number of anilines is 1. The fourth-order valence-electron chi connectivity index (χ4n) is 4.35. The van der Waals surface area contributed by atoms with Crippen molar-refractivity contribution in [2.45, 2.75) is 63.3 Å². The van der Waals surface area contributed by atoms with Gasteiger partial charge >= 0.3 is 0 Å². The summed E-state index contributed by atoms with van der Waals surface area (Å²) in [6, 6.07) is 6.71. The van der Waals surface area contributed by atoms with Gasteiger partial charge in [0.05, 0.1) is 12.8 Å². The van der Waals surface area contributed by atoms with Crippen LogP contribution in [0.25, 0.3) is 16.9 Å². The molecule has 31 heavy (non-hydrogen) atoms. The third kappa shape index (κ3) is 4.78. The molecule has 2 aromatic rings. The second kappa shape index (κ2) is 10.6. The molecule has 0 amide bonds. The summed E-state index contributed by atoms with van der Waals surface area (Å²) in [7, 11) is 3.69. The molecule has 1 aromatic carbocycles. The lowest BCUT2D eigenvalue weighted by molar-refractivity contribution is 0.414. The lowest BCUT2D eigenvalue weighted by Crippen LogP contribution is -2.31. The summed E-state index contributed by atoms with van der Waals surface area (Å²) in [5.74, 6) is 2.97. The highest BCUT2D eigenvalue weighted by molar-refractivity contribution is 14.1. The number of ether oxygens (including phenoxy) is 1. The Morgan fingerprint density at radius 1 is 1.29 bits per heavy atom. The molecule has 0 atom stereocenters. The molecule has 1 aliphatic rings. The van der Waals surface area contributed by atoms with E-state index in [-0.39, 0.29) is 0 Å². The first-order valence-corrected chi connectivity index (χ1v) is 12.7. The summed E-state index contributed by atoms with van der Waals surface area (Å²) in [6.07, 6.45) is 5.39. The first-order chi connectivity index (χ1) is 15.0. The smallest absolute Gasteiger partial charge is 0.139 e. The molecular weight excluding hydrogens is 499 g/mol. The first-order valence-electron chi connectivity index (χ1n) is 11.2. The van der Waals surface area contributed by atoms with Gasteiger partial charge in [-0.2, -0.15) is 5.10 Å². The van der Waals surface area contributed by atoms with Gasteiger partial charge in [0.1, 0.15) is 17.4 Å². The number of aromatic nitrogens is 2. The van der Waals surface area contributed by atoms with Crippen LogP contribution in [0.3, 0.4) is 0 Å². The van der Waals surface area contributed by atoms with Gasteiger partial charge in [-0.25, -0.2) is 4.68 Å². The van der Waals surface area contributed by atoms with Gasteiger partial charge in [0.15, 0.2) is 0 Å².